The molecule has 19 heavy (non-hydrogen) atoms. The summed E-state index contributed by atoms with van der Waals surface area (Å²) in [5.41, 5.74) is 0.238. The minimum Gasteiger partial charge on any atom is -0.379 e. The highest BCUT2D eigenvalue weighted by molar-refractivity contribution is 4.82. The van der Waals surface area contributed by atoms with E-state index < -0.39 is 0 Å². The molecule has 0 amide bonds. The largest absolute Gasteiger partial charge is 0.379 e. The molecule has 1 aliphatic heterocycles. The summed E-state index contributed by atoms with van der Waals surface area (Å²) in [6.45, 7) is 16.0. The Hall–Kier alpha value is -0.160. The first-order valence-electron chi connectivity index (χ1n) is 7.80. The molecule has 1 aliphatic rings. The van der Waals surface area contributed by atoms with Crippen molar-refractivity contribution in [2.45, 2.75) is 52.1 Å². The molecule has 1 heterocycles. The van der Waals surface area contributed by atoms with Crippen molar-refractivity contribution in [3.05, 3.63) is 0 Å². The summed E-state index contributed by atoms with van der Waals surface area (Å²) < 4.78 is 5.63. The fraction of sp³-hybridized carbons (Fsp3) is 1.00. The van der Waals surface area contributed by atoms with Crippen LogP contribution in [0.2, 0.25) is 0 Å². The van der Waals surface area contributed by atoms with Crippen molar-refractivity contribution < 1.29 is 4.74 Å². The quantitative estimate of drug-likeness (QED) is 0.656. The summed E-state index contributed by atoms with van der Waals surface area (Å²) in [5, 5.41) is 6.97. The Morgan fingerprint density at radius 1 is 1.16 bits per heavy atom. The van der Waals surface area contributed by atoms with Gasteiger partial charge in [-0.2, -0.15) is 0 Å². The number of likely N-dealkylation sites (N-methyl/N-ethyl adjacent to an activating group) is 1. The molecule has 1 saturated heterocycles. The minimum atomic E-state index is 0.238. The van der Waals surface area contributed by atoms with Gasteiger partial charge in [0, 0.05) is 24.7 Å². The van der Waals surface area contributed by atoms with Crippen molar-refractivity contribution in [2.24, 2.45) is 0 Å². The zero-order valence-corrected chi connectivity index (χ0v) is 13.3. The molecule has 0 aromatic heterocycles. The Morgan fingerprint density at radius 2 is 1.84 bits per heavy atom. The molecule has 0 aromatic carbocycles. The number of ether oxygens (including phenoxy) is 1. The Balaban J connectivity index is 2.01. The van der Waals surface area contributed by atoms with Crippen LogP contribution in [0.3, 0.4) is 0 Å². The van der Waals surface area contributed by atoms with Crippen LogP contribution in [-0.4, -0.2) is 62.4 Å². The van der Waals surface area contributed by atoms with Gasteiger partial charge in [0.05, 0.1) is 13.2 Å². The Labute approximate surface area is 119 Å². The lowest BCUT2D eigenvalue weighted by molar-refractivity contribution is 0.0911. The van der Waals surface area contributed by atoms with Crippen LogP contribution in [0.4, 0.5) is 0 Å². The molecule has 0 aromatic rings. The Morgan fingerprint density at radius 3 is 2.42 bits per heavy atom. The van der Waals surface area contributed by atoms with Crippen molar-refractivity contribution in [3.63, 3.8) is 0 Å². The number of rotatable bonds is 8. The van der Waals surface area contributed by atoms with Gasteiger partial charge in [0.2, 0.25) is 0 Å². The van der Waals surface area contributed by atoms with E-state index in [0.29, 0.717) is 6.04 Å². The van der Waals surface area contributed by atoms with Crippen molar-refractivity contribution in [1.29, 1.82) is 0 Å². The smallest absolute Gasteiger partial charge is 0.0594 e. The van der Waals surface area contributed by atoms with E-state index in [1.807, 2.05) is 0 Å². The highest BCUT2D eigenvalue weighted by atomic mass is 16.5. The van der Waals surface area contributed by atoms with Gasteiger partial charge in [0.1, 0.15) is 0 Å². The highest BCUT2D eigenvalue weighted by Crippen LogP contribution is 2.13. The standard InChI is InChI=1S/C15H33N3O/c1-5-16-8-12-19-13-11-18-9-6-14(7-10-18)17-15(2,3)4/h14,16-17H,5-13H2,1-4H3. The molecule has 0 saturated carbocycles. The normalized spacial score (nSPS) is 18.9. The van der Waals surface area contributed by atoms with E-state index in [2.05, 4.69) is 43.2 Å². The average molecular weight is 271 g/mol. The molecule has 4 heteroatoms. The predicted molar refractivity (Wildman–Crippen MR) is 81.7 cm³/mol. The molecule has 4 nitrogen and oxygen atoms in total. The monoisotopic (exact) mass is 271 g/mol. The van der Waals surface area contributed by atoms with Gasteiger partial charge < -0.3 is 20.3 Å². The second-order valence-corrected chi connectivity index (χ2v) is 6.48. The van der Waals surface area contributed by atoms with Crippen LogP contribution in [0, 0.1) is 0 Å². The first-order chi connectivity index (χ1) is 9.01. The molecule has 114 valence electrons. The van der Waals surface area contributed by atoms with Crippen LogP contribution in [-0.2, 0) is 4.74 Å². The third kappa shape index (κ3) is 8.58. The van der Waals surface area contributed by atoms with Crippen LogP contribution >= 0.6 is 0 Å². The number of nitrogens with one attached hydrogen (secondary N) is 2. The van der Waals surface area contributed by atoms with Gasteiger partial charge in [-0.05, 0) is 53.2 Å². The summed E-state index contributed by atoms with van der Waals surface area (Å²) in [6.07, 6.45) is 2.52. The van der Waals surface area contributed by atoms with Gasteiger partial charge >= 0.3 is 0 Å². The first kappa shape index (κ1) is 16.9. The number of nitrogens with zero attached hydrogens (tertiary/aromatic N) is 1. The lowest BCUT2D eigenvalue weighted by Gasteiger charge is -2.36. The Bertz CT molecular complexity index is 220. The van der Waals surface area contributed by atoms with E-state index in [1.54, 1.807) is 0 Å². The van der Waals surface area contributed by atoms with Crippen molar-refractivity contribution in [3.8, 4) is 0 Å². The van der Waals surface area contributed by atoms with Crippen LogP contribution in [0.1, 0.15) is 40.5 Å². The summed E-state index contributed by atoms with van der Waals surface area (Å²) in [5.74, 6) is 0. The molecule has 1 fully saturated rings. The lowest BCUT2D eigenvalue weighted by atomic mass is 10.00. The molecule has 0 bridgehead atoms. The summed E-state index contributed by atoms with van der Waals surface area (Å²) >= 11 is 0. The second kappa shape index (κ2) is 8.90. The molecular weight excluding hydrogens is 238 g/mol. The Kier molecular flexibility index (Phi) is 7.91. The van der Waals surface area contributed by atoms with Gasteiger partial charge in [0.25, 0.3) is 0 Å². The summed E-state index contributed by atoms with van der Waals surface area (Å²) in [4.78, 5) is 2.52. The average Bonchev–Trinajstić information content (AvgIpc) is 2.34. The maximum Gasteiger partial charge on any atom is 0.0594 e. The van der Waals surface area contributed by atoms with Crippen LogP contribution in [0.25, 0.3) is 0 Å². The van der Waals surface area contributed by atoms with Crippen molar-refractivity contribution in [1.82, 2.24) is 15.5 Å². The molecule has 0 spiro atoms. The highest BCUT2D eigenvalue weighted by Gasteiger charge is 2.22. The SMILES string of the molecule is CCNCCOCCN1CCC(NC(C)(C)C)CC1. The maximum absolute atomic E-state index is 5.63. The molecule has 2 N–H and O–H groups in total. The van der Waals surface area contributed by atoms with Crippen LogP contribution < -0.4 is 10.6 Å². The van der Waals surface area contributed by atoms with Crippen LogP contribution in [0.5, 0.6) is 0 Å². The van der Waals surface area contributed by atoms with E-state index in [-0.39, 0.29) is 5.54 Å². The van der Waals surface area contributed by atoms with E-state index >= 15 is 0 Å². The molecule has 0 aliphatic carbocycles. The van der Waals surface area contributed by atoms with Gasteiger partial charge in [-0.3, -0.25) is 0 Å². The van der Waals surface area contributed by atoms with Crippen molar-refractivity contribution in [2.75, 3.05) is 45.9 Å². The fourth-order valence-corrected chi connectivity index (χ4v) is 2.53. The number of hydrogen-bond acceptors (Lipinski definition) is 4. The lowest BCUT2D eigenvalue weighted by Crippen LogP contribution is -2.49. The van der Waals surface area contributed by atoms with E-state index in [1.165, 1.54) is 25.9 Å². The number of piperidine rings is 1. The maximum atomic E-state index is 5.63. The number of hydrogen-bond donors (Lipinski definition) is 2. The molecule has 0 atom stereocenters. The molecule has 0 unspecified atom stereocenters. The molecule has 1 rings (SSSR count). The third-order valence-corrected chi connectivity index (χ3v) is 3.45. The molecular formula is C15H33N3O. The van der Waals surface area contributed by atoms with Gasteiger partial charge in [-0.1, -0.05) is 6.92 Å². The fourth-order valence-electron chi connectivity index (χ4n) is 2.53. The van der Waals surface area contributed by atoms with E-state index in [4.69, 9.17) is 4.74 Å². The summed E-state index contributed by atoms with van der Waals surface area (Å²) in [6, 6.07) is 0.686. The van der Waals surface area contributed by atoms with Gasteiger partial charge in [0.15, 0.2) is 0 Å². The topological polar surface area (TPSA) is 36.5 Å². The van der Waals surface area contributed by atoms with Gasteiger partial charge in [-0.25, -0.2) is 0 Å². The second-order valence-electron chi connectivity index (χ2n) is 6.48. The zero-order valence-electron chi connectivity index (χ0n) is 13.3. The van der Waals surface area contributed by atoms with Crippen LogP contribution in [0.15, 0.2) is 0 Å². The van der Waals surface area contributed by atoms with E-state index in [9.17, 15) is 0 Å². The van der Waals surface area contributed by atoms with Crippen molar-refractivity contribution >= 4 is 0 Å². The van der Waals surface area contributed by atoms with E-state index in [0.717, 1.165) is 32.8 Å². The summed E-state index contributed by atoms with van der Waals surface area (Å²) in [7, 11) is 0. The number of likely N-dealkylation sites (tertiary alicyclic amines) is 1. The predicted octanol–water partition coefficient (Wildman–Crippen LogP) is 1.47. The first-order valence-corrected chi connectivity index (χ1v) is 7.80. The minimum absolute atomic E-state index is 0.238. The zero-order chi connectivity index (χ0) is 14.1. The third-order valence-electron chi connectivity index (χ3n) is 3.45. The van der Waals surface area contributed by atoms with Gasteiger partial charge in [-0.15, -0.1) is 0 Å². The molecule has 0 radical (unpaired) electrons.